The van der Waals surface area contributed by atoms with Gasteiger partial charge in [0, 0.05) is 74.9 Å². The fraction of sp³-hybridized carbons (Fsp3) is 0.294. The molecule has 206 valence electrons. The van der Waals surface area contributed by atoms with Crippen molar-refractivity contribution in [2.24, 2.45) is 0 Å². The van der Waals surface area contributed by atoms with E-state index in [1.54, 1.807) is 36.4 Å². The second-order valence-electron chi connectivity index (χ2n) is 10.7. The first kappa shape index (κ1) is 27.6. The Hall–Kier alpha value is -4.00. The summed E-state index contributed by atoms with van der Waals surface area (Å²) in [4.78, 5) is 34.9. The minimum atomic E-state index is -0.0851. The monoisotopic (exact) mass is 534 g/mol. The lowest BCUT2D eigenvalue weighted by atomic mass is 10.0. The van der Waals surface area contributed by atoms with Gasteiger partial charge < -0.3 is 19.6 Å². The average molecular weight is 535 g/mol. The third kappa shape index (κ3) is 7.14. The van der Waals surface area contributed by atoms with Crippen molar-refractivity contribution in [3.8, 4) is 0 Å². The van der Waals surface area contributed by atoms with E-state index in [1.807, 2.05) is 36.4 Å². The largest absolute Gasteiger partial charge is 0.369 e. The van der Waals surface area contributed by atoms with Gasteiger partial charge in [0.05, 0.1) is 0 Å². The Morgan fingerprint density at radius 1 is 0.500 bits per heavy atom. The molecule has 2 aliphatic rings. The number of benzene rings is 3. The summed E-state index contributed by atoms with van der Waals surface area (Å²) in [7, 11) is 4.31. The first-order valence-electron chi connectivity index (χ1n) is 14.1. The standard InChI is InChI=1S/C34H38N4O2/c1-35-19-23-37(24-20-35)31-13-3-27(4-14-31)7-17-33(39)29-9-11-30(12-10-29)34(40)18-8-28-5-15-32(16-6-28)38-25-21-36(2)22-26-38/h3-18H,19-26H2,1-2H3/b17-7+,18-8+. The minimum absolute atomic E-state index is 0.0851. The number of likely N-dealkylation sites (N-methyl/N-ethyl adjacent to an activating group) is 2. The number of anilines is 2. The predicted molar refractivity (Wildman–Crippen MR) is 165 cm³/mol. The van der Waals surface area contributed by atoms with E-state index < -0.39 is 0 Å². The molecule has 2 heterocycles. The van der Waals surface area contributed by atoms with Crippen LogP contribution in [0.5, 0.6) is 0 Å². The molecule has 0 aliphatic carbocycles. The summed E-state index contributed by atoms with van der Waals surface area (Å²) in [5.41, 5.74) is 5.53. The van der Waals surface area contributed by atoms with Crippen molar-refractivity contribution in [2.75, 3.05) is 76.3 Å². The highest BCUT2D eigenvalue weighted by Gasteiger charge is 2.15. The molecule has 0 unspecified atom stereocenters. The van der Waals surface area contributed by atoms with E-state index in [4.69, 9.17) is 0 Å². The molecule has 6 nitrogen and oxygen atoms in total. The molecule has 0 N–H and O–H groups in total. The fourth-order valence-electron chi connectivity index (χ4n) is 5.06. The molecule has 2 aliphatic heterocycles. The average Bonchev–Trinajstić information content (AvgIpc) is 3.00. The second-order valence-corrected chi connectivity index (χ2v) is 10.7. The highest BCUT2D eigenvalue weighted by molar-refractivity contribution is 6.09. The molecule has 3 aromatic carbocycles. The third-order valence-electron chi connectivity index (χ3n) is 7.83. The molecule has 0 saturated carbocycles. The van der Waals surface area contributed by atoms with Gasteiger partial charge in [-0.05, 0) is 61.6 Å². The lowest BCUT2D eigenvalue weighted by Gasteiger charge is -2.34. The topological polar surface area (TPSA) is 47.1 Å². The summed E-state index contributed by atoms with van der Waals surface area (Å²) in [5.74, 6) is -0.170. The second kappa shape index (κ2) is 12.9. The van der Waals surface area contributed by atoms with Crippen LogP contribution >= 0.6 is 0 Å². The van der Waals surface area contributed by atoms with Crippen LogP contribution in [0.1, 0.15) is 31.8 Å². The molecule has 0 radical (unpaired) electrons. The Balaban J connectivity index is 1.13. The zero-order chi connectivity index (χ0) is 27.9. The number of nitrogens with zero attached hydrogens (tertiary/aromatic N) is 4. The van der Waals surface area contributed by atoms with Crippen molar-refractivity contribution in [1.29, 1.82) is 0 Å². The van der Waals surface area contributed by atoms with Gasteiger partial charge in [-0.25, -0.2) is 0 Å². The highest BCUT2D eigenvalue weighted by atomic mass is 16.1. The van der Waals surface area contributed by atoms with Crippen LogP contribution in [0.3, 0.4) is 0 Å². The number of piperazine rings is 2. The van der Waals surface area contributed by atoms with E-state index in [0.717, 1.165) is 63.5 Å². The Labute approximate surface area is 237 Å². The summed E-state index contributed by atoms with van der Waals surface area (Å²) >= 11 is 0. The number of hydrogen-bond acceptors (Lipinski definition) is 6. The molecule has 3 aromatic rings. The van der Waals surface area contributed by atoms with Crippen molar-refractivity contribution in [3.63, 3.8) is 0 Å². The number of carbonyl (C=O) groups excluding carboxylic acids is 2. The van der Waals surface area contributed by atoms with Crippen molar-refractivity contribution < 1.29 is 9.59 Å². The number of ketones is 2. The van der Waals surface area contributed by atoms with Gasteiger partial charge in [0.15, 0.2) is 11.6 Å². The normalized spacial score (nSPS) is 17.1. The van der Waals surface area contributed by atoms with Crippen molar-refractivity contribution in [3.05, 3.63) is 107 Å². The van der Waals surface area contributed by atoms with Crippen LogP contribution in [0.2, 0.25) is 0 Å². The van der Waals surface area contributed by atoms with Gasteiger partial charge in [0.25, 0.3) is 0 Å². The number of hydrogen-bond donors (Lipinski definition) is 0. The van der Waals surface area contributed by atoms with Gasteiger partial charge in [-0.1, -0.05) is 60.7 Å². The smallest absolute Gasteiger partial charge is 0.185 e. The van der Waals surface area contributed by atoms with Gasteiger partial charge in [0.1, 0.15) is 0 Å². The maximum absolute atomic E-state index is 12.7. The lowest BCUT2D eigenvalue weighted by Crippen LogP contribution is -2.44. The third-order valence-corrected chi connectivity index (χ3v) is 7.83. The Morgan fingerprint density at radius 2 is 0.825 bits per heavy atom. The van der Waals surface area contributed by atoms with E-state index in [1.165, 1.54) is 11.4 Å². The molecule has 0 amide bonds. The summed E-state index contributed by atoms with van der Waals surface area (Å²) in [6.45, 7) is 8.41. The van der Waals surface area contributed by atoms with Crippen LogP contribution < -0.4 is 9.80 Å². The van der Waals surface area contributed by atoms with Crippen molar-refractivity contribution >= 4 is 35.1 Å². The van der Waals surface area contributed by atoms with Gasteiger partial charge in [-0.15, -0.1) is 0 Å². The van der Waals surface area contributed by atoms with E-state index in [2.05, 4.69) is 58.0 Å². The predicted octanol–water partition coefficient (Wildman–Crippen LogP) is 4.98. The van der Waals surface area contributed by atoms with Gasteiger partial charge >= 0.3 is 0 Å². The van der Waals surface area contributed by atoms with Crippen LogP contribution in [0.4, 0.5) is 11.4 Å². The number of allylic oxidation sites excluding steroid dienone is 2. The molecule has 0 aromatic heterocycles. The van der Waals surface area contributed by atoms with Crippen molar-refractivity contribution in [1.82, 2.24) is 9.80 Å². The molecule has 2 saturated heterocycles. The molecule has 0 atom stereocenters. The van der Waals surface area contributed by atoms with Crippen LogP contribution in [-0.2, 0) is 0 Å². The number of rotatable bonds is 8. The van der Waals surface area contributed by atoms with E-state index in [9.17, 15) is 9.59 Å². The first-order valence-corrected chi connectivity index (χ1v) is 14.1. The first-order chi connectivity index (χ1) is 19.4. The molecule has 2 fully saturated rings. The van der Waals surface area contributed by atoms with Crippen molar-refractivity contribution in [2.45, 2.75) is 0 Å². The summed E-state index contributed by atoms with van der Waals surface area (Å²) < 4.78 is 0. The zero-order valence-corrected chi connectivity index (χ0v) is 23.5. The molecule has 0 spiro atoms. The Bertz CT molecular complexity index is 1240. The summed E-state index contributed by atoms with van der Waals surface area (Å²) in [6.07, 6.45) is 6.86. The van der Waals surface area contributed by atoms with Gasteiger partial charge in [-0.2, -0.15) is 0 Å². The maximum Gasteiger partial charge on any atom is 0.185 e. The minimum Gasteiger partial charge on any atom is -0.369 e. The molecular weight excluding hydrogens is 496 g/mol. The van der Waals surface area contributed by atoms with E-state index >= 15 is 0 Å². The Kier molecular flexibility index (Phi) is 8.89. The molecular formula is C34H38N4O2. The summed E-state index contributed by atoms with van der Waals surface area (Å²) in [6, 6.07) is 23.5. The molecule has 40 heavy (non-hydrogen) atoms. The van der Waals surface area contributed by atoms with Gasteiger partial charge in [-0.3, -0.25) is 9.59 Å². The highest BCUT2D eigenvalue weighted by Crippen LogP contribution is 2.19. The summed E-state index contributed by atoms with van der Waals surface area (Å²) in [5, 5.41) is 0. The van der Waals surface area contributed by atoms with Crippen LogP contribution in [0, 0.1) is 0 Å². The Morgan fingerprint density at radius 3 is 1.15 bits per heavy atom. The molecule has 0 bridgehead atoms. The van der Waals surface area contributed by atoms with E-state index in [0.29, 0.717) is 11.1 Å². The number of carbonyl (C=O) groups is 2. The fourth-order valence-corrected chi connectivity index (χ4v) is 5.06. The van der Waals surface area contributed by atoms with Gasteiger partial charge in [0.2, 0.25) is 0 Å². The lowest BCUT2D eigenvalue weighted by molar-refractivity contribution is 0.103. The SMILES string of the molecule is CN1CCN(c2ccc(/C=C/C(=O)c3ccc(C(=O)/C=C/c4ccc(N5CCN(C)CC5)cc4)cc3)cc2)CC1. The maximum atomic E-state index is 12.7. The molecule has 6 heteroatoms. The quantitative estimate of drug-likeness (QED) is 0.300. The zero-order valence-electron chi connectivity index (χ0n) is 23.5. The van der Waals surface area contributed by atoms with E-state index in [-0.39, 0.29) is 11.6 Å². The molecule has 5 rings (SSSR count). The van der Waals surface area contributed by atoms with Crippen LogP contribution in [0.25, 0.3) is 12.2 Å². The van der Waals surface area contributed by atoms with Crippen LogP contribution in [0.15, 0.2) is 84.9 Å². The van der Waals surface area contributed by atoms with Crippen LogP contribution in [-0.4, -0.2) is 87.8 Å².